The molecule has 2 N–H and O–H groups in total. The zero-order chi connectivity index (χ0) is 15.1. The van der Waals surface area contributed by atoms with Crippen molar-refractivity contribution in [2.75, 3.05) is 24.1 Å². The number of methoxy groups -OCH3 is 1. The van der Waals surface area contributed by atoms with Gasteiger partial charge in [-0.3, -0.25) is 4.72 Å². The largest absolute Gasteiger partial charge is 0.380 e. The van der Waals surface area contributed by atoms with Crippen LogP contribution in [0.25, 0.3) is 0 Å². The lowest BCUT2D eigenvalue weighted by Crippen LogP contribution is -2.36. The van der Waals surface area contributed by atoms with Crippen LogP contribution in [-0.2, 0) is 21.4 Å². The Morgan fingerprint density at radius 3 is 2.86 bits per heavy atom. The third-order valence-corrected chi connectivity index (χ3v) is 5.03. The Kier molecular flexibility index (Phi) is 6.02. The molecule has 1 aliphatic rings. The highest BCUT2D eigenvalue weighted by Gasteiger charge is 2.18. The van der Waals surface area contributed by atoms with E-state index in [0.717, 1.165) is 18.5 Å². The van der Waals surface area contributed by atoms with Gasteiger partial charge in [-0.15, -0.1) is 0 Å². The number of rotatable bonds is 7. The second-order valence-electron chi connectivity index (χ2n) is 5.45. The first-order valence-electron chi connectivity index (χ1n) is 7.41. The summed E-state index contributed by atoms with van der Waals surface area (Å²) in [6, 6.07) is 7.65. The molecule has 0 spiro atoms. The van der Waals surface area contributed by atoms with Crippen molar-refractivity contribution in [3.63, 3.8) is 0 Å². The molecule has 118 valence electrons. The standard InChI is InChI=1S/C15H24N2O3S/c1-20-12-13-6-2-3-8-15(13)17-21(18,19)11-9-14-7-4-5-10-16-14/h2-3,6,8,14,16-17H,4-5,7,9-12H2,1H3. The van der Waals surface area contributed by atoms with E-state index in [4.69, 9.17) is 4.74 Å². The first-order chi connectivity index (χ1) is 10.1. The van der Waals surface area contributed by atoms with E-state index in [0.29, 0.717) is 24.8 Å². The van der Waals surface area contributed by atoms with E-state index in [9.17, 15) is 8.42 Å². The maximum atomic E-state index is 12.2. The molecule has 0 aromatic heterocycles. The highest BCUT2D eigenvalue weighted by atomic mass is 32.2. The van der Waals surface area contributed by atoms with Crippen molar-refractivity contribution in [1.82, 2.24) is 5.32 Å². The maximum Gasteiger partial charge on any atom is 0.232 e. The van der Waals surface area contributed by atoms with Crippen LogP contribution in [0.4, 0.5) is 5.69 Å². The molecule has 1 fully saturated rings. The molecule has 1 aromatic carbocycles. The second-order valence-corrected chi connectivity index (χ2v) is 7.29. The van der Waals surface area contributed by atoms with Crippen molar-refractivity contribution in [3.8, 4) is 0 Å². The predicted octanol–water partition coefficient (Wildman–Crippen LogP) is 2.11. The van der Waals surface area contributed by atoms with E-state index in [2.05, 4.69) is 10.0 Å². The molecule has 0 radical (unpaired) electrons. The average molecular weight is 312 g/mol. The minimum absolute atomic E-state index is 0.145. The molecule has 6 heteroatoms. The molecule has 5 nitrogen and oxygen atoms in total. The molecule has 1 atom stereocenters. The summed E-state index contributed by atoms with van der Waals surface area (Å²) in [5.41, 5.74) is 1.45. The molecule has 1 aliphatic heterocycles. The van der Waals surface area contributed by atoms with Gasteiger partial charge in [0.25, 0.3) is 0 Å². The van der Waals surface area contributed by atoms with Gasteiger partial charge >= 0.3 is 0 Å². The summed E-state index contributed by atoms with van der Waals surface area (Å²) in [7, 11) is -1.72. The molecule has 0 saturated carbocycles. The van der Waals surface area contributed by atoms with Crippen molar-refractivity contribution < 1.29 is 13.2 Å². The minimum Gasteiger partial charge on any atom is -0.380 e. The number of hydrogen-bond acceptors (Lipinski definition) is 4. The molecule has 2 rings (SSSR count). The second kappa shape index (κ2) is 7.77. The normalized spacial score (nSPS) is 19.4. The van der Waals surface area contributed by atoms with Crippen LogP contribution in [0.1, 0.15) is 31.2 Å². The lowest BCUT2D eigenvalue weighted by molar-refractivity contribution is 0.185. The Morgan fingerprint density at radius 2 is 2.14 bits per heavy atom. The molecule has 0 amide bonds. The van der Waals surface area contributed by atoms with Gasteiger partial charge in [0.15, 0.2) is 0 Å². The molecule has 1 unspecified atom stereocenters. The van der Waals surface area contributed by atoms with E-state index in [-0.39, 0.29) is 5.75 Å². The Balaban J connectivity index is 1.93. The molecule has 21 heavy (non-hydrogen) atoms. The van der Waals surface area contributed by atoms with E-state index >= 15 is 0 Å². The highest BCUT2D eigenvalue weighted by Crippen LogP contribution is 2.18. The predicted molar refractivity (Wildman–Crippen MR) is 84.8 cm³/mol. The van der Waals surface area contributed by atoms with Gasteiger partial charge in [0.2, 0.25) is 10.0 Å². The fourth-order valence-corrected chi connectivity index (χ4v) is 3.82. The quantitative estimate of drug-likeness (QED) is 0.809. The van der Waals surface area contributed by atoms with Gasteiger partial charge < -0.3 is 10.1 Å². The monoisotopic (exact) mass is 312 g/mol. The minimum atomic E-state index is -3.32. The van der Waals surface area contributed by atoms with Crippen LogP contribution in [0.3, 0.4) is 0 Å². The van der Waals surface area contributed by atoms with Gasteiger partial charge in [0, 0.05) is 18.7 Å². The number of nitrogens with one attached hydrogen (secondary N) is 2. The summed E-state index contributed by atoms with van der Waals surface area (Å²) in [5.74, 6) is 0.145. The topological polar surface area (TPSA) is 67.4 Å². The Labute approximate surface area is 127 Å². The van der Waals surface area contributed by atoms with Gasteiger partial charge in [0.1, 0.15) is 0 Å². The first kappa shape index (κ1) is 16.3. The summed E-state index contributed by atoms with van der Waals surface area (Å²) in [6.07, 6.45) is 4.09. The number of ether oxygens (including phenoxy) is 1. The van der Waals surface area contributed by atoms with Crippen molar-refractivity contribution in [3.05, 3.63) is 29.8 Å². The third kappa shape index (κ3) is 5.30. The molecular weight excluding hydrogens is 288 g/mol. The average Bonchev–Trinajstić information content (AvgIpc) is 2.48. The molecule has 0 bridgehead atoms. The number of benzene rings is 1. The van der Waals surface area contributed by atoms with Crippen LogP contribution in [0.5, 0.6) is 0 Å². The van der Waals surface area contributed by atoms with E-state index in [1.54, 1.807) is 13.2 Å². The van der Waals surface area contributed by atoms with Gasteiger partial charge in [-0.05, 0) is 31.9 Å². The summed E-state index contributed by atoms with van der Waals surface area (Å²) < 4.78 is 32.2. The Morgan fingerprint density at radius 1 is 1.33 bits per heavy atom. The van der Waals surface area contributed by atoms with E-state index < -0.39 is 10.0 Å². The van der Waals surface area contributed by atoms with Crippen LogP contribution in [-0.4, -0.2) is 33.9 Å². The van der Waals surface area contributed by atoms with Gasteiger partial charge in [-0.1, -0.05) is 24.6 Å². The lowest BCUT2D eigenvalue weighted by atomic mass is 10.0. The highest BCUT2D eigenvalue weighted by molar-refractivity contribution is 7.92. The van der Waals surface area contributed by atoms with Crippen LogP contribution < -0.4 is 10.0 Å². The summed E-state index contributed by atoms with van der Waals surface area (Å²) in [4.78, 5) is 0. The zero-order valence-corrected chi connectivity index (χ0v) is 13.3. The number of para-hydroxylation sites is 1. The number of anilines is 1. The fourth-order valence-electron chi connectivity index (χ4n) is 2.59. The Hall–Kier alpha value is -1.11. The SMILES string of the molecule is COCc1ccccc1NS(=O)(=O)CCC1CCCCN1. The van der Waals surface area contributed by atoms with Crippen molar-refractivity contribution in [2.24, 2.45) is 0 Å². The molecule has 1 saturated heterocycles. The van der Waals surface area contributed by atoms with Crippen molar-refractivity contribution in [2.45, 2.75) is 38.3 Å². The van der Waals surface area contributed by atoms with Gasteiger partial charge in [-0.2, -0.15) is 0 Å². The van der Waals surface area contributed by atoms with Gasteiger partial charge in [-0.25, -0.2) is 8.42 Å². The van der Waals surface area contributed by atoms with E-state index in [1.165, 1.54) is 12.8 Å². The lowest BCUT2D eigenvalue weighted by Gasteiger charge is -2.23. The van der Waals surface area contributed by atoms with Crippen LogP contribution >= 0.6 is 0 Å². The van der Waals surface area contributed by atoms with Crippen LogP contribution in [0.2, 0.25) is 0 Å². The molecule has 1 aromatic rings. The van der Waals surface area contributed by atoms with Crippen molar-refractivity contribution >= 4 is 15.7 Å². The fraction of sp³-hybridized carbons (Fsp3) is 0.600. The van der Waals surface area contributed by atoms with Crippen molar-refractivity contribution in [1.29, 1.82) is 0 Å². The van der Waals surface area contributed by atoms with E-state index in [1.807, 2.05) is 18.2 Å². The molecule has 0 aliphatic carbocycles. The summed E-state index contributed by atoms with van der Waals surface area (Å²) in [6.45, 7) is 1.39. The Bertz CT molecular complexity index is 540. The molecular formula is C15H24N2O3S. The molecule has 1 heterocycles. The van der Waals surface area contributed by atoms with Crippen LogP contribution in [0, 0.1) is 0 Å². The maximum absolute atomic E-state index is 12.2. The third-order valence-electron chi connectivity index (χ3n) is 3.73. The van der Waals surface area contributed by atoms with Crippen LogP contribution in [0.15, 0.2) is 24.3 Å². The zero-order valence-electron chi connectivity index (χ0n) is 12.5. The smallest absolute Gasteiger partial charge is 0.232 e. The number of hydrogen-bond donors (Lipinski definition) is 2. The first-order valence-corrected chi connectivity index (χ1v) is 9.06. The van der Waals surface area contributed by atoms with Gasteiger partial charge in [0.05, 0.1) is 18.0 Å². The summed E-state index contributed by atoms with van der Waals surface area (Å²) >= 11 is 0. The summed E-state index contributed by atoms with van der Waals surface area (Å²) in [5, 5.41) is 3.37. The number of sulfonamides is 1. The number of piperidine rings is 1.